The van der Waals surface area contributed by atoms with Crippen LogP contribution in [0.15, 0.2) is 6.07 Å². The quantitative estimate of drug-likeness (QED) is 0.653. The summed E-state index contributed by atoms with van der Waals surface area (Å²) in [4.78, 5) is 19.1. The molecule has 0 saturated carbocycles. The van der Waals surface area contributed by atoms with Gasteiger partial charge in [0.25, 0.3) is 0 Å². The van der Waals surface area contributed by atoms with Crippen molar-refractivity contribution in [2.24, 2.45) is 0 Å². The Morgan fingerprint density at radius 1 is 1.53 bits per heavy atom. The average Bonchev–Trinajstić information content (AvgIpc) is 2.87. The SMILES string of the molecule is CC(=O)NCCNc1cc([C@@H]2CCOC2)nc(N)n1. The lowest BCUT2D eigenvalue weighted by atomic mass is 10.0. The van der Waals surface area contributed by atoms with Gasteiger partial charge in [0.2, 0.25) is 11.9 Å². The van der Waals surface area contributed by atoms with E-state index in [0.717, 1.165) is 18.7 Å². The van der Waals surface area contributed by atoms with E-state index in [2.05, 4.69) is 20.6 Å². The van der Waals surface area contributed by atoms with Crippen molar-refractivity contribution < 1.29 is 9.53 Å². The second kappa shape index (κ2) is 6.33. The molecule has 1 aromatic heterocycles. The second-order valence-corrected chi connectivity index (χ2v) is 4.51. The number of carbonyl (C=O) groups is 1. The molecule has 7 heteroatoms. The highest BCUT2D eigenvalue weighted by molar-refractivity contribution is 5.72. The van der Waals surface area contributed by atoms with Gasteiger partial charge in [0.05, 0.1) is 12.3 Å². The van der Waals surface area contributed by atoms with Gasteiger partial charge < -0.3 is 21.1 Å². The summed E-state index contributed by atoms with van der Waals surface area (Å²) >= 11 is 0. The number of rotatable bonds is 5. The lowest BCUT2D eigenvalue weighted by Crippen LogP contribution is -2.26. The van der Waals surface area contributed by atoms with Gasteiger partial charge in [0.1, 0.15) is 5.82 Å². The van der Waals surface area contributed by atoms with Gasteiger partial charge in [-0.1, -0.05) is 0 Å². The molecule has 0 radical (unpaired) electrons. The Labute approximate surface area is 111 Å². The highest BCUT2D eigenvalue weighted by atomic mass is 16.5. The summed E-state index contributed by atoms with van der Waals surface area (Å²) < 4.78 is 5.35. The number of hydrogen-bond acceptors (Lipinski definition) is 6. The van der Waals surface area contributed by atoms with Crippen LogP contribution in [0.1, 0.15) is 25.0 Å². The summed E-state index contributed by atoms with van der Waals surface area (Å²) in [6, 6.07) is 1.89. The first-order chi connectivity index (χ1) is 9.15. The van der Waals surface area contributed by atoms with Gasteiger partial charge in [0, 0.05) is 38.6 Å². The minimum absolute atomic E-state index is 0.0483. The molecule has 104 valence electrons. The predicted molar refractivity (Wildman–Crippen MR) is 71.8 cm³/mol. The van der Waals surface area contributed by atoms with E-state index in [4.69, 9.17) is 10.5 Å². The van der Waals surface area contributed by atoms with Gasteiger partial charge in [-0.15, -0.1) is 0 Å². The van der Waals surface area contributed by atoms with Gasteiger partial charge >= 0.3 is 0 Å². The van der Waals surface area contributed by atoms with Crippen LogP contribution in [0.4, 0.5) is 11.8 Å². The molecule has 1 aromatic rings. The Morgan fingerprint density at radius 3 is 3.05 bits per heavy atom. The number of aromatic nitrogens is 2. The van der Waals surface area contributed by atoms with Crippen molar-refractivity contribution in [1.82, 2.24) is 15.3 Å². The van der Waals surface area contributed by atoms with E-state index in [1.165, 1.54) is 6.92 Å². The molecule has 2 heterocycles. The molecule has 2 rings (SSSR count). The monoisotopic (exact) mass is 265 g/mol. The fraction of sp³-hybridized carbons (Fsp3) is 0.583. The molecule has 0 aromatic carbocycles. The second-order valence-electron chi connectivity index (χ2n) is 4.51. The molecule has 1 amide bonds. The molecule has 19 heavy (non-hydrogen) atoms. The lowest BCUT2D eigenvalue weighted by molar-refractivity contribution is -0.118. The summed E-state index contributed by atoms with van der Waals surface area (Å²) in [6.07, 6.45) is 0.960. The highest BCUT2D eigenvalue weighted by Gasteiger charge is 2.20. The van der Waals surface area contributed by atoms with E-state index in [9.17, 15) is 4.79 Å². The molecule has 1 aliphatic rings. The number of anilines is 2. The van der Waals surface area contributed by atoms with Crippen LogP contribution in [-0.2, 0) is 9.53 Å². The summed E-state index contributed by atoms with van der Waals surface area (Å²) in [7, 11) is 0. The third kappa shape index (κ3) is 4.06. The number of ether oxygens (including phenoxy) is 1. The van der Waals surface area contributed by atoms with Gasteiger partial charge in [-0.25, -0.2) is 4.98 Å². The topological polar surface area (TPSA) is 102 Å². The van der Waals surface area contributed by atoms with Gasteiger partial charge in [-0.3, -0.25) is 4.79 Å². The van der Waals surface area contributed by atoms with Crippen LogP contribution >= 0.6 is 0 Å². The first kappa shape index (κ1) is 13.5. The molecule has 0 aliphatic carbocycles. The van der Waals surface area contributed by atoms with Crippen LogP contribution in [0, 0.1) is 0 Å². The van der Waals surface area contributed by atoms with Gasteiger partial charge in [0.15, 0.2) is 0 Å². The van der Waals surface area contributed by atoms with E-state index in [-0.39, 0.29) is 11.9 Å². The number of nitrogens with two attached hydrogens (primary N) is 1. The smallest absolute Gasteiger partial charge is 0.222 e. The molecule has 0 bridgehead atoms. The number of nitrogens with one attached hydrogen (secondary N) is 2. The summed E-state index contributed by atoms with van der Waals surface area (Å²) in [5, 5.41) is 5.82. The lowest BCUT2D eigenvalue weighted by Gasteiger charge is -2.11. The van der Waals surface area contributed by atoms with Crippen LogP contribution in [0.5, 0.6) is 0 Å². The Hall–Kier alpha value is -1.89. The van der Waals surface area contributed by atoms with Gasteiger partial charge in [-0.05, 0) is 6.42 Å². The van der Waals surface area contributed by atoms with E-state index in [1.807, 2.05) is 6.07 Å². The third-order valence-electron chi connectivity index (χ3n) is 2.92. The van der Waals surface area contributed by atoms with Crippen molar-refractivity contribution in [2.45, 2.75) is 19.3 Å². The zero-order valence-electron chi connectivity index (χ0n) is 11.0. The molecule has 1 fully saturated rings. The Balaban J connectivity index is 1.94. The Kier molecular flexibility index (Phi) is 4.51. The first-order valence-corrected chi connectivity index (χ1v) is 6.35. The Bertz CT molecular complexity index is 446. The Morgan fingerprint density at radius 2 is 2.37 bits per heavy atom. The van der Waals surface area contributed by atoms with Gasteiger partial charge in [-0.2, -0.15) is 4.98 Å². The van der Waals surface area contributed by atoms with E-state index in [0.29, 0.717) is 31.4 Å². The van der Waals surface area contributed by atoms with Crippen molar-refractivity contribution in [2.75, 3.05) is 37.4 Å². The number of amides is 1. The van der Waals surface area contributed by atoms with Crippen molar-refractivity contribution in [3.05, 3.63) is 11.8 Å². The minimum atomic E-state index is -0.0483. The zero-order chi connectivity index (χ0) is 13.7. The maximum atomic E-state index is 10.7. The van der Waals surface area contributed by atoms with Crippen LogP contribution < -0.4 is 16.4 Å². The van der Waals surface area contributed by atoms with Crippen LogP contribution in [-0.4, -0.2) is 42.2 Å². The number of nitrogen functional groups attached to an aromatic ring is 1. The third-order valence-corrected chi connectivity index (χ3v) is 2.92. The largest absolute Gasteiger partial charge is 0.381 e. The number of hydrogen-bond donors (Lipinski definition) is 3. The van der Waals surface area contributed by atoms with Crippen LogP contribution in [0.2, 0.25) is 0 Å². The molecule has 0 unspecified atom stereocenters. The number of carbonyl (C=O) groups excluding carboxylic acids is 1. The zero-order valence-corrected chi connectivity index (χ0v) is 11.0. The summed E-state index contributed by atoms with van der Waals surface area (Å²) in [5.74, 6) is 1.18. The fourth-order valence-electron chi connectivity index (χ4n) is 1.98. The molecule has 1 saturated heterocycles. The first-order valence-electron chi connectivity index (χ1n) is 6.35. The molecule has 1 atom stereocenters. The highest BCUT2D eigenvalue weighted by Crippen LogP contribution is 2.25. The van der Waals surface area contributed by atoms with E-state index >= 15 is 0 Å². The van der Waals surface area contributed by atoms with E-state index in [1.54, 1.807) is 0 Å². The predicted octanol–water partition coefficient (Wildman–Crippen LogP) is 0.111. The molecule has 1 aliphatic heterocycles. The summed E-state index contributed by atoms with van der Waals surface area (Å²) in [5.41, 5.74) is 6.62. The van der Waals surface area contributed by atoms with Crippen LogP contribution in [0.3, 0.4) is 0 Å². The van der Waals surface area contributed by atoms with Crippen molar-refractivity contribution in [1.29, 1.82) is 0 Å². The number of nitrogens with zero attached hydrogens (tertiary/aromatic N) is 2. The maximum Gasteiger partial charge on any atom is 0.222 e. The van der Waals surface area contributed by atoms with Crippen molar-refractivity contribution in [3.63, 3.8) is 0 Å². The fourth-order valence-corrected chi connectivity index (χ4v) is 1.98. The van der Waals surface area contributed by atoms with E-state index < -0.39 is 0 Å². The molecule has 0 spiro atoms. The van der Waals surface area contributed by atoms with Crippen molar-refractivity contribution in [3.8, 4) is 0 Å². The molecule has 7 nitrogen and oxygen atoms in total. The molecule has 4 N–H and O–H groups in total. The normalized spacial score (nSPS) is 18.3. The molecular weight excluding hydrogens is 246 g/mol. The average molecular weight is 265 g/mol. The standard InChI is InChI=1S/C12H19N5O2/c1-8(18)14-3-4-15-11-6-10(16-12(13)17-11)9-2-5-19-7-9/h6,9H,2-5,7H2,1H3,(H,14,18)(H3,13,15,16,17)/t9-/m1/s1. The minimum Gasteiger partial charge on any atom is -0.381 e. The summed E-state index contributed by atoms with van der Waals surface area (Å²) in [6.45, 7) is 4.07. The maximum absolute atomic E-state index is 10.7. The molecular formula is C12H19N5O2. The van der Waals surface area contributed by atoms with Crippen LogP contribution in [0.25, 0.3) is 0 Å². The van der Waals surface area contributed by atoms with Crippen molar-refractivity contribution >= 4 is 17.7 Å².